The number of aromatic carboxylic acids is 1. The fourth-order valence-corrected chi connectivity index (χ4v) is 2.93. The fraction of sp³-hybridized carbons (Fsp3) is 0.0714. The van der Waals surface area contributed by atoms with E-state index in [9.17, 15) is 28.4 Å². The van der Waals surface area contributed by atoms with Gasteiger partial charge in [0, 0.05) is 12.1 Å². The number of nitro groups is 1. The first kappa shape index (κ1) is 16.4. The van der Waals surface area contributed by atoms with Gasteiger partial charge in [0.05, 0.1) is 21.5 Å². The van der Waals surface area contributed by atoms with Crippen molar-refractivity contribution < 1.29 is 23.2 Å². The summed E-state index contributed by atoms with van der Waals surface area (Å²) in [6.07, 6.45) is 0. The van der Waals surface area contributed by atoms with Gasteiger partial charge >= 0.3 is 0 Å². The molecule has 120 valence electrons. The van der Waals surface area contributed by atoms with Gasteiger partial charge in [-0.2, -0.15) is 0 Å². The van der Waals surface area contributed by atoms with Gasteiger partial charge in [0.1, 0.15) is 0 Å². The van der Waals surface area contributed by atoms with E-state index >= 15 is 0 Å². The lowest BCUT2D eigenvalue weighted by Crippen LogP contribution is -2.22. The van der Waals surface area contributed by atoms with E-state index in [4.69, 9.17) is 0 Å². The van der Waals surface area contributed by atoms with Crippen molar-refractivity contribution in [3.05, 3.63) is 63.7 Å². The minimum absolute atomic E-state index is 0.0880. The molecular formula is C14H11N2O6S-. The second kappa shape index (κ2) is 6.05. The third-order valence-electron chi connectivity index (χ3n) is 3.08. The van der Waals surface area contributed by atoms with Gasteiger partial charge in [0.2, 0.25) is 0 Å². The Morgan fingerprint density at radius 2 is 1.74 bits per heavy atom. The maximum atomic E-state index is 12.3. The van der Waals surface area contributed by atoms with Crippen LogP contribution >= 0.6 is 0 Å². The molecule has 0 bridgehead atoms. The number of benzene rings is 2. The summed E-state index contributed by atoms with van der Waals surface area (Å²) < 4.78 is 26.8. The van der Waals surface area contributed by atoms with Gasteiger partial charge in [-0.25, -0.2) is 8.42 Å². The standard InChI is InChI=1S/C14H12N2O6S/c1-9-2-3-10(14(17)18)8-13(9)15-23(21,22)12-6-4-11(5-7-12)16(19)20/h2-8,15H,1H3,(H,17,18)/p-1. The van der Waals surface area contributed by atoms with E-state index in [1.54, 1.807) is 6.92 Å². The van der Waals surface area contributed by atoms with Gasteiger partial charge in [0.15, 0.2) is 0 Å². The number of non-ortho nitro benzene ring substituents is 1. The molecule has 0 aliphatic rings. The van der Waals surface area contributed by atoms with Crippen molar-refractivity contribution in [2.24, 2.45) is 0 Å². The Bertz CT molecular complexity index is 875. The number of carboxylic acid groups (broad SMARTS) is 1. The maximum Gasteiger partial charge on any atom is 0.269 e. The molecule has 0 radical (unpaired) electrons. The van der Waals surface area contributed by atoms with E-state index in [1.165, 1.54) is 12.1 Å². The highest BCUT2D eigenvalue weighted by Gasteiger charge is 2.17. The highest BCUT2D eigenvalue weighted by molar-refractivity contribution is 7.92. The van der Waals surface area contributed by atoms with Crippen LogP contribution in [0.5, 0.6) is 0 Å². The Labute approximate surface area is 131 Å². The monoisotopic (exact) mass is 335 g/mol. The number of hydrogen-bond acceptors (Lipinski definition) is 6. The zero-order valence-electron chi connectivity index (χ0n) is 11.8. The number of nitro benzene ring substituents is 1. The minimum atomic E-state index is -4.01. The normalized spacial score (nSPS) is 11.0. The molecule has 0 heterocycles. The van der Waals surface area contributed by atoms with E-state index < -0.39 is 20.9 Å². The first-order chi connectivity index (χ1) is 10.7. The Morgan fingerprint density at radius 3 is 2.26 bits per heavy atom. The topological polar surface area (TPSA) is 129 Å². The van der Waals surface area contributed by atoms with Crippen molar-refractivity contribution in [2.45, 2.75) is 11.8 Å². The lowest BCUT2D eigenvalue weighted by Gasteiger charge is -2.12. The fourth-order valence-electron chi connectivity index (χ4n) is 1.81. The molecule has 0 aliphatic carbocycles. The van der Waals surface area contributed by atoms with Crippen LogP contribution in [0.25, 0.3) is 0 Å². The minimum Gasteiger partial charge on any atom is -0.545 e. The van der Waals surface area contributed by atoms with E-state index in [0.29, 0.717) is 5.56 Å². The van der Waals surface area contributed by atoms with Crippen LogP contribution in [-0.4, -0.2) is 19.3 Å². The Morgan fingerprint density at radius 1 is 1.13 bits per heavy atom. The number of carbonyl (C=O) groups excluding carboxylic acids is 1. The van der Waals surface area contributed by atoms with E-state index in [-0.39, 0.29) is 21.8 Å². The van der Waals surface area contributed by atoms with E-state index in [1.807, 2.05) is 0 Å². The number of nitrogens with one attached hydrogen (secondary N) is 1. The second-order valence-electron chi connectivity index (χ2n) is 4.67. The SMILES string of the molecule is Cc1ccc(C(=O)[O-])cc1NS(=O)(=O)c1ccc([N+](=O)[O-])cc1. The number of carboxylic acids is 1. The molecule has 2 aromatic rings. The Hall–Kier alpha value is -2.94. The summed E-state index contributed by atoms with van der Waals surface area (Å²) >= 11 is 0. The number of aryl methyl sites for hydroxylation is 1. The average molecular weight is 335 g/mol. The molecule has 0 unspecified atom stereocenters. The summed E-state index contributed by atoms with van der Waals surface area (Å²) in [7, 11) is -4.01. The lowest BCUT2D eigenvalue weighted by molar-refractivity contribution is -0.384. The largest absolute Gasteiger partial charge is 0.545 e. The number of nitrogens with zero attached hydrogens (tertiary/aromatic N) is 1. The summed E-state index contributed by atoms with van der Waals surface area (Å²) in [5, 5.41) is 21.4. The number of carbonyl (C=O) groups is 1. The average Bonchev–Trinajstić information content (AvgIpc) is 2.49. The maximum absolute atomic E-state index is 12.3. The summed E-state index contributed by atoms with van der Waals surface area (Å²) in [6, 6.07) is 8.22. The first-order valence-electron chi connectivity index (χ1n) is 6.30. The lowest BCUT2D eigenvalue weighted by atomic mass is 10.1. The van der Waals surface area contributed by atoms with Crippen molar-refractivity contribution in [2.75, 3.05) is 4.72 Å². The predicted octanol–water partition coefficient (Wildman–Crippen LogP) is 1.07. The molecule has 0 amide bonds. The summed E-state index contributed by atoms with van der Waals surface area (Å²) in [5.41, 5.74) is 0.196. The quantitative estimate of drug-likeness (QED) is 0.642. The molecule has 9 heteroatoms. The molecule has 2 rings (SSSR count). The third kappa shape index (κ3) is 3.64. The molecule has 0 aliphatic heterocycles. The zero-order chi connectivity index (χ0) is 17.2. The molecule has 0 fully saturated rings. The van der Waals surface area contributed by atoms with Crippen LogP contribution in [0.2, 0.25) is 0 Å². The Kier molecular flexibility index (Phi) is 4.32. The molecule has 0 saturated heterocycles. The molecule has 23 heavy (non-hydrogen) atoms. The van der Waals surface area contributed by atoms with Crippen LogP contribution in [0.15, 0.2) is 47.4 Å². The van der Waals surface area contributed by atoms with Gasteiger partial charge in [0.25, 0.3) is 15.7 Å². The van der Waals surface area contributed by atoms with Crippen molar-refractivity contribution in [3.63, 3.8) is 0 Å². The zero-order valence-corrected chi connectivity index (χ0v) is 12.7. The number of sulfonamides is 1. The van der Waals surface area contributed by atoms with Gasteiger partial charge in [-0.3, -0.25) is 14.8 Å². The van der Waals surface area contributed by atoms with Crippen molar-refractivity contribution >= 4 is 27.4 Å². The van der Waals surface area contributed by atoms with Crippen LogP contribution in [0.1, 0.15) is 15.9 Å². The molecule has 8 nitrogen and oxygen atoms in total. The van der Waals surface area contributed by atoms with Gasteiger partial charge < -0.3 is 9.90 Å². The second-order valence-corrected chi connectivity index (χ2v) is 6.36. The number of hydrogen-bond donors (Lipinski definition) is 1. The van der Waals surface area contributed by atoms with Gasteiger partial charge in [-0.1, -0.05) is 12.1 Å². The third-order valence-corrected chi connectivity index (χ3v) is 4.46. The van der Waals surface area contributed by atoms with E-state index in [0.717, 1.165) is 30.3 Å². The van der Waals surface area contributed by atoms with Gasteiger partial charge in [-0.05, 0) is 36.2 Å². The van der Waals surface area contributed by atoms with Crippen LogP contribution in [0.4, 0.5) is 11.4 Å². The predicted molar refractivity (Wildman–Crippen MR) is 79.4 cm³/mol. The summed E-state index contributed by atoms with van der Waals surface area (Å²) in [4.78, 5) is 20.6. The van der Waals surface area contributed by atoms with Crippen molar-refractivity contribution in [1.29, 1.82) is 0 Å². The highest BCUT2D eigenvalue weighted by Crippen LogP contribution is 2.22. The Balaban J connectivity index is 2.36. The summed E-state index contributed by atoms with van der Waals surface area (Å²) in [5.74, 6) is -1.43. The molecule has 0 saturated carbocycles. The molecule has 1 N–H and O–H groups in total. The van der Waals surface area contributed by atoms with Crippen molar-refractivity contribution in [3.8, 4) is 0 Å². The first-order valence-corrected chi connectivity index (χ1v) is 7.78. The van der Waals surface area contributed by atoms with Crippen LogP contribution < -0.4 is 9.83 Å². The van der Waals surface area contributed by atoms with E-state index in [2.05, 4.69) is 4.72 Å². The molecule has 0 aromatic heterocycles. The summed E-state index contributed by atoms with van der Waals surface area (Å²) in [6.45, 7) is 1.60. The van der Waals surface area contributed by atoms with Gasteiger partial charge in [-0.15, -0.1) is 0 Å². The van der Waals surface area contributed by atoms with Crippen LogP contribution in [-0.2, 0) is 10.0 Å². The van der Waals surface area contributed by atoms with Crippen molar-refractivity contribution in [1.82, 2.24) is 0 Å². The van der Waals surface area contributed by atoms with Crippen LogP contribution in [0.3, 0.4) is 0 Å². The highest BCUT2D eigenvalue weighted by atomic mass is 32.2. The molecule has 0 spiro atoms. The smallest absolute Gasteiger partial charge is 0.269 e. The number of rotatable bonds is 5. The van der Waals surface area contributed by atoms with Crippen LogP contribution in [0, 0.1) is 17.0 Å². The molecule has 0 atom stereocenters. The number of anilines is 1. The molecule has 2 aromatic carbocycles. The molecular weight excluding hydrogens is 324 g/mol.